The van der Waals surface area contributed by atoms with Gasteiger partial charge in [-0.3, -0.25) is 0 Å². The Morgan fingerprint density at radius 3 is 2.93 bits per heavy atom. The van der Waals surface area contributed by atoms with Crippen LogP contribution in [0.2, 0.25) is 0 Å². The fourth-order valence-electron chi connectivity index (χ4n) is 1.24. The number of hydrogen-bond acceptors (Lipinski definition) is 3. The van der Waals surface area contributed by atoms with E-state index in [-0.39, 0.29) is 0 Å². The highest BCUT2D eigenvalue weighted by molar-refractivity contribution is 7.98. The molecule has 0 aliphatic heterocycles. The van der Waals surface area contributed by atoms with Crippen molar-refractivity contribution in [3.05, 3.63) is 35.4 Å². The SMILES string of the molecule is COCCCSCc1ccccc1C#N. The van der Waals surface area contributed by atoms with Crippen LogP contribution < -0.4 is 0 Å². The highest BCUT2D eigenvalue weighted by Crippen LogP contribution is 2.16. The number of hydrogen-bond donors (Lipinski definition) is 0. The van der Waals surface area contributed by atoms with Gasteiger partial charge in [-0.1, -0.05) is 18.2 Å². The summed E-state index contributed by atoms with van der Waals surface area (Å²) in [5.74, 6) is 1.99. The quantitative estimate of drug-likeness (QED) is 0.692. The van der Waals surface area contributed by atoms with Gasteiger partial charge in [0.05, 0.1) is 11.6 Å². The van der Waals surface area contributed by atoms with E-state index in [0.717, 1.165) is 35.7 Å². The number of nitrogens with zero attached hydrogens (tertiary/aromatic N) is 1. The lowest BCUT2D eigenvalue weighted by Gasteiger charge is -2.03. The molecule has 1 aromatic carbocycles. The van der Waals surface area contributed by atoms with Crippen LogP contribution in [0.1, 0.15) is 17.5 Å². The topological polar surface area (TPSA) is 33.0 Å². The highest BCUT2D eigenvalue weighted by Gasteiger charge is 1.99. The van der Waals surface area contributed by atoms with E-state index >= 15 is 0 Å². The average Bonchev–Trinajstić information content (AvgIpc) is 2.29. The molecule has 0 aliphatic rings. The van der Waals surface area contributed by atoms with Gasteiger partial charge in [0.25, 0.3) is 0 Å². The van der Waals surface area contributed by atoms with Gasteiger partial charge in [-0.2, -0.15) is 17.0 Å². The molecule has 0 saturated heterocycles. The van der Waals surface area contributed by atoms with Gasteiger partial charge in [-0.05, 0) is 23.8 Å². The molecule has 0 spiro atoms. The summed E-state index contributed by atoms with van der Waals surface area (Å²) in [6, 6.07) is 9.97. The number of nitriles is 1. The fraction of sp³-hybridized carbons (Fsp3) is 0.417. The third-order valence-corrected chi connectivity index (χ3v) is 3.12. The van der Waals surface area contributed by atoms with E-state index in [4.69, 9.17) is 10.00 Å². The van der Waals surface area contributed by atoms with Gasteiger partial charge < -0.3 is 4.74 Å². The van der Waals surface area contributed by atoms with Gasteiger partial charge in [0, 0.05) is 19.5 Å². The first-order chi connectivity index (χ1) is 7.38. The molecular weight excluding hydrogens is 206 g/mol. The molecule has 0 heterocycles. The first-order valence-corrected chi connectivity index (χ1v) is 6.08. The van der Waals surface area contributed by atoms with Crippen molar-refractivity contribution in [3.63, 3.8) is 0 Å². The zero-order valence-corrected chi connectivity index (χ0v) is 9.72. The van der Waals surface area contributed by atoms with Crippen LogP contribution >= 0.6 is 11.8 Å². The summed E-state index contributed by atoms with van der Waals surface area (Å²) in [5, 5.41) is 8.88. The monoisotopic (exact) mass is 221 g/mol. The van der Waals surface area contributed by atoms with Crippen molar-refractivity contribution >= 4 is 11.8 Å². The molecule has 1 aromatic rings. The highest BCUT2D eigenvalue weighted by atomic mass is 32.2. The second-order valence-electron chi connectivity index (χ2n) is 3.17. The molecule has 0 unspecified atom stereocenters. The lowest BCUT2D eigenvalue weighted by molar-refractivity contribution is 0.200. The van der Waals surface area contributed by atoms with Crippen LogP contribution in [0.4, 0.5) is 0 Å². The van der Waals surface area contributed by atoms with Crippen molar-refractivity contribution in [2.75, 3.05) is 19.5 Å². The molecule has 0 N–H and O–H groups in total. The smallest absolute Gasteiger partial charge is 0.0994 e. The Hall–Kier alpha value is -0.980. The maximum atomic E-state index is 8.88. The zero-order valence-electron chi connectivity index (χ0n) is 8.90. The third-order valence-electron chi connectivity index (χ3n) is 2.03. The molecule has 15 heavy (non-hydrogen) atoms. The molecule has 3 heteroatoms. The van der Waals surface area contributed by atoms with E-state index < -0.39 is 0 Å². The van der Waals surface area contributed by atoms with E-state index in [1.165, 1.54) is 0 Å². The Balaban J connectivity index is 2.34. The molecular formula is C12H15NOS. The Kier molecular flexibility index (Phi) is 5.91. The Morgan fingerprint density at radius 2 is 2.20 bits per heavy atom. The summed E-state index contributed by atoms with van der Waals surface area (Å²) in [7, 11) is 1.72. The Morgan fingerprint density at radius 1 is 1.40 bits per heavy atom. The number of rotatable bonds is 6. The minimum Gasteiger partial charge on any atom is -0.385 e. The van der Waals surface area contributed by atoms with Gasteiger partial charge >= 0.3 is 0 Å². The second-order valence-corrected chi connectivity index (χ2v) is 4.27. The van der Waals surface area contributed by atoms with Crippen LogP contribution in [-0.4, -0.2) is 19.5 Å². The van der Waals surface area contributed by atoms with Crippen LogP contribution in [0.3, 0.4) is 0 Å². The summed E-state index contributed by atoms with van der Waals surface area (Å²) in [4.78, 5) is 0. The van der Waals surface area contributed by atoms with E-state index in [0.29, 0.717) is 0 Å². The first kappa shape index (κ1) is 12.1. The molecule has 2 nitrogen and oxygen atoms in total. The Labute approximate surface area is 95.3 Å². The molecule has 80 valence electrons. The number of benzene rings is 1. The van der Waals surface area contributed by atoms with Crippen molar-refractivity contribution in [3.8, 4) is 6.07 Å². The minimum atomic E-state index is 0.789. The van der Waals surface area contributed by atoms with E-state index in [2.05, 4.69) is 6.07 Å². The summed E-state index contributed by atoms with van der Waals surface area (Å²) in [5.41, 5.74) is 1.92. The summed E-state index contributed by atoms with van der Waals surface area (Å²) in [6.45, 7) is 0.812. The van der Waals surface area contributed by atoms with Gasteiger partial charge in [-0.15, -0.1) is 0 Å². The van der Waals surface area contributed by atoms with E-state index in [9.17, 15) is 0 Å². The third kappa shape index (κ3) is 4.37. The summed E-state index contributed by atoms with van der Waals surface area (Å²) in [6.07, 6.45) is 1.07. The molecule has 0 saturated carbocycles. The van der Waals surface area contributed by atoms with Crippen molar-refractivity contribution in [2.24, 2.45) is 0 Å². The van der Waals surface area contributed by atoms with Crippen molar-refractivity contribution < 1.29 is 4.74 Å². The molecule has 1 rings (SSSR count). The van der Waals surface area contributed by atoms with Crippen molar-refractivity contribution in [1.29, 1.82) is 5.26 Å². The minimum absolute atomic E-state index is 0.789. The molecule has 0 bridgehead atoms. The van der Waals surface area contributed by atoms with Crippen LogP contribution in [-0.2, 0) is 10.5 Å². The van der Waals surface area contributed by atoms with Gasteiger partial charge in [-0.25, -0.2) is 0 Å². The normalized spacial score (nSPS) is 9.87. The van der Waals surface area contributed by atoms with Gasteiger partial charge in [0.15, 0.2) is 0 Å². The zero-order chi connectivity index (χ0) is 10.9. The Bertz CT molecular complexity index is 333. The van der Waals surface area contributed by atoms with Crippen molar-refractivity contribution in [1.82, 2.24) is 0 Å². The number of ether oxygens (including phenoxy) is 1. The average molecular weight is 221 g/mol. The van der Waals surface area contributed by atoms with E-state index in [1.807, 2.05) is 36.0 Å². The van der Waals surface area contributed by atoms with Gasteiger partial charge in [0.2, 0.25) is 0 Å². The molecule has 0 aliphatic carbocycles. The van der Waals surface area contributed by atoms with Crippen LogP contribution in [0, 0.1) is 11.3 Å². The predicted octanol–water partition coefficient (Wildman–Crippen LogP) is 2.83. The second kappa shape index (κ2) is 7.33. The van der Waals surface area contributed by atoms with E-state index in [1.54, 1.807) is 7.11 Å². The molecule has 0 aromatic heterocycles. The van der Waals surface area contributed by atoms with Crippen LogP contribution in [0.25, 0.3) is 0 Å². The number of methoxy groups -OCH3 is 1. The lowest BCUT2D eigenvalue weighted by Crippen LogP contribution is -1.92. The maximum Gasteiger partial charge on any atom is 0.0994 e. The van der Waals surface area contributed by atoms with Crippen LogP contribution in [0.5, 0.6) is 0 Å². The molecule has 0 atom stereocenters. The molecule has 0 radical (unpaired) electrons. The van der Waals surface area contributed by atoms with Crippen molar-refractivity contribution in [2.45, 2.75) is 12.2 Å². The molecule has 0 fully saturated rings. The fourth-order valence-corrected chi connectivity index (χ4v) is 2.18. The first-order valence-electron chi connectivity index (χ1n) is 4.93. The molecule has 0 amide bonds. The van der Waals surface area contributed by atoms with Gasteiger partial charge in [0.1, 0.15) is 0 Å². The summed E-state index contributed by atoms with van der Waals surface area (Å²) >= 11 is 1.84. The largest absolute Gasteiger partial charge is 0.385 e. The standard InChI is InChI=1S/C12H15NOS/c1-14-7-4-8-15-10-12-6-3-2-5-11(12)9-13/h2-3,5-6H,4,7-8,10H2,1H3. The van der Waals surface area contributed by atoms with Crippen LogP contribution in [0.15, 0.2) is 24.3 Å². The number of thioether (sulfide) groups is 1. The summed E-state index contributed by atoms with van der Waals surface area (Å²) < 4.78 is 4.97. The lowest BCUT2D eigenvalue weighted by atomic mass is 10.1. The maximum absolute atomic E-state index is 8.88. The predicted molar refractivity (Wildman–Crippen MR) is 63.8 cm³/mol.